The molecule has 0 spiro atoms. The van der Waals surface area contributed by atoms with Gasteiger partial charge in [-0.05, 0) is 5.56 Å². The predicted molar refractivity (Wildman–Crippen MR) is 72.1 cm³/mol. The highest BCUT2D eigenvalue weighted by Gasteiger charge is 2.26. The molecule has 1 aromatic rings. The maximum atomic E-state index is 11.5. The summed E-state index contributed by atoms with van der Waals surface area (Å²) in [5, 5.41) is 9.47. The summed E-state index contributed by atoms with van der Waals surface area (Å²) in [5.41, 5.74) is 0.766. The molecular formula is C14H21NO4. The van der Waals surface area contributed by atoms with Crippen LogP contribution in [0.1, 0.15) is 11.6 Å². The van der Waals surface area contributed by atoms with Crippen LogP contribution >= 0.6 is 0 Å². The Morgan fingerprint density at radius 1 is 1.16 bits per heavy atom. The third kappa shape index (κ3) is 4.98. The van der Waals surface area contributed by atoms with Gasteiger partial charge in [0, 0.05) is 27.3 Å². The largest absolute Gasteiger partial charge is 0.480 e. The van der Waals surface area contributed by atoms with E-state index in [0.29, 0.717) is 26.3 Å². The molecule has 0 aliphatic heterocycles. The lowest BCUT2D eigenvalue weighted by Crippen LogP contribution is -2.38. The third-order valence-electron chi connectivity index (χ3n) is 2.88. The Morgan fingerprint density at radius 2 is 1.68 bits per heavy atom. The maximum Gasteiger partial charge on any atom is 0.325 e. The first kappa shape index (κ1) is 15.6. The number of benzene rings is 1. The molecule has 0 aliphatic carbocycles. The summed E-state index contributed by atoms with van der Waals surface area (Å²) >= 11 is 0. The molecule has 0 aliphatic rings. The summed E-state index contributed by atoms with van der Waals surface area (Å²) in [4.78, 5) is 13.4. The molecule has 0 saturated heterocycles. The van der Waals surface area contributed by atoms with E-state index in [9.17, 15) is 9.90 Å². The summed E-state index contributed by atoms with van der Waals surface area (Å²) in [6, 6.07) is 8.53. The Hall–Kier alpha value is -1.43. The topological polar surface area (TPSA) is 59.0 Å². The number of hydrogen-bond acceptors (Lipinski definition) is 4. The zero-order valence-electron chi connectivity index (χ0n) is 11.4. The molecule has 1 rings (SSSR count). The highest BCUT2D eigenvalue weighted by Crippen LogP contribution is 2.20. The zero-order valence-corrected chi connectivity index (χ0v) is 11.4. The highest BCUT2D eigenvalue weighted by atomic mass is 16.5. The fourth-order valence-corrected chi connectivity index (χ4v) is 1.93. The monoisotopic (exact) mass is 267 g/mol. The second-order valence-corrected chi connectivity index (χ2v) is 4.17. The van der Waals surface area contributed by atoms with E-state index in [1.54, 1.807) is 14.2 Å². The Kier molecular flexibility index (Phi) is 7.10. The van der Waals surface area contributed by atoms with E-state index in [2.05, 4.69) is 0 Å². The quantitative estimate of drug-likeness (QED) is 0.733. The van der Waals surface area contributed by atoms with Crippen LogP contribution in [0, 0.1) is 0 Å². The Labute approximate surface area is 113 Å². The average molecular weight is 267 g/mol. The fraction of sp³-hybridized carbons (Fsp3) is 0.500. The van der Waals surface area contributed by atoms with Gasteiger partial charge in [0.15, 0.2) is 0 Å². The third-order valence-corrected chi connectivity index (χ3v) is 2.88. The Balaban J connectivity index is 2.88. The maximum absolute atomic E-state index is 11.5. The van der Waals surface area contributed by atoms with E-state index >= 15 is 0 Å². The van der Waals surface area contributed by atoms with Crippen LogP contribution in [-0.4, -0.2) is 56.5 Å². The number of carboxylic acid groups (broad SMARTS) is 1. The molecule has 0 radical (unpaired) electrons. The summed E-state index contributed by atoms with van der Waals surface area (Å²) in [6.07, 6.45) is 0. The van der Waals surface area contributed by atoms with E-state index in [-0.39, 0.29) is 0 Å². The van der Waals surface area contributed by atoms with E-state index in [1.165, 1.54) is 0 Å². The number of rotatable bonds is 9. The lowest BCUT2D eigenvalue weighted by atomic mass is 10.1. The summed E-state index contributed by atoms with van der Waals surface area (Å²) in [6.45, 7) is 2.07. The molecule has 0 bridgehead atoms. The number of hydrogen-bond donors (Lipinski definition) is 1. The molecule has 0 fully saturated rings. The first-order valence-electron chi connectivity index (χ1n) is 6.20. The van der Waals surface area contributed by atoms with Crippen LogP contribution in [0.15, 0.2) is 30.3 Å². The lowest BCUT2D eigenvalue weighted by Gasteiger charge is -2.28. The molecule has 0 heterocycles. The van der Waals surface area contributed by atoms with Gasteiger partial charge in [-0.1, -0.05) is 30.3 Å². The normalized spacial score (nSPS) is 12.6. The van der Waals surface area contributed by atoms with Crippen molar-refractivity contribution in [1.82, 2.24) is 4.90 Å². The Bertz CT molecular complexity index is 361. The van der Waals surface area contributed by atoms with Crippen LogP contribution in [0.3, 0.4) is 0 Å². The van der Waals surface area contributed by atoms with Crippen LogP contribution < -0.4 is 0 Å². The SMILES string of the molecule is COCCN(CCOC)C(C(=O)O)c1ccccc1. The first-order chi connectivity index (χ1) is 9.20. The van der Waals surface area contributed by atoms with Gasteiger partial charge in [-0.25, -0.2) is 0 Å². The van der Waals surface area contributed by atoms with Crippen molar-refractivity contribution in [2.45, 2.75) is 6.04 Å². The van der Waals surface area contributed by atoms with Gasteiger partial charge in [-0.15, -0.1) is 0 Å². The van der Waals surface area contributed by atoms with Crippen molar-refractivity contribution in [1.29, 1.82) is 0 Å². The van der Waals surface area contributed by atoms with Gasteiger partial charge >= 0.3 is 5.97 Å². The first-order valence-corrected chi connectivity index (χ1v) is 6.20. The second kappa shape index (κ2) is 8.63. The molecule has 0 amide bonds. The van der Waals surface area contributed by atoms with Crippen molar-refractivity contribution in [3.63, 3.8) is 0 Å². The molecule has 5 nitrogen and oxygen atoms in total. The van der Waals surface area contributed by atoms with Gasteiger partial charge in [0.05, 0.1) is 13.2 Å². The van der Waals surface area contributed by atoms with Crippen LogP contribution in [0.4, 0.5) is 0 Å². The van der Waals surface area contributed by atoms with E-state index in [0.717, 1.165) is 5.56 Å². The van der Waals surface area contributed by atoms with Gasteiger partial charge in [0.25, 0.3) is 0 Å². The van der Waals surface area contributed by atoms with Crippen molar-refractivity contribution >= 4 is 5.97 Å². The van der Waals surface area contributed by atoms with E-state index in [1.807, 2.05) is 35.2 Å². The smallest absolute Gasteiger partial charge is 0.325 e. The fourth-order valence-electron chi connectivity index (χ4n) is 1.93. The predicted octanol–water partition coefficient (Wildman–Crippen LogP) is 1.41. The Morgan fingerprint density at radius 3 is 2.11 bits per heavy atom. The number of ether oxygens (including phenoxy) is 2. The van der Waals surface area contributed by atoms with Crippen molar-refractivity contribution in [2.75, 3.05) is 40.5 Å². The van der Waals surface area contributed by atoms with Gasteiger partial charge in [0.2, 0.25) is 0 Å². The molecule has 19 heavy (non-hydrogen) atoms. The van der Waals surface area contributed by atoms with Crippen LogP contribution in [-0.2, 0) is 14.3 Å². The number of carbonyl (C=O) groups is 1. The molecule has 1 unspecified atom stereocenters. The molecular weight excluding hydrogens is 246 g/mol. The van der Waals surface area contributed by atoms with Crippen molar-refractivity contribution in [2.24, 2.45) is 0 Å². The molecule has 1 atom stereocenters. The van der Waals surface area contributed by atoms with E-state index in [4.69, 9.17) is 9.47 Å². The number of aliphatic carboxylic acids is 1. The standard InChI is InChI=1S/C14H21NO4/c1-18-10-8-15(9-11-19-2)13(14(16)17)12-6-4-3-5-7-12/h3-7,13H,8-11H2,1-2H3,(H,16,17). The van der Waals surface area contributed by atoms with Gasteiger partial charge in [-0.3, -0.25) is 9.69 Å². The zero-order chi connectivity index (χ0) is 14.1. The minimum atomic E-state index is -0.863. The summed E-state index contributed by atoms with van der Waals surface area (Å²) in [7, 11) is 3.21. The van der Waals surface area contributed by atoms with Crippen LogP contribution in [0.25, 0.3) is 0 Å². The lowest BCUT2D eigenvalue weighted by molar-refractivity contribution is -0.144. The number of methoxy groups -OCH3 is 2. The highest BCUT2D eigenvalue weighted by molar-refractivity contribution is 5.75. The van der Waals surface area contributed by atoms with Gasteiger partial charge in [0.1, 0.15) is 6.04 Å². The molecule has 106 valence electrons. The van der Waals surface area contributed by atoms with Gasteiger partial charge in [-0.2, -0.15) is 0 Å². The number of nitrogens with zero attached hydrogens (tertiary/aromatic N) is 1. The molecule has 1 aromatic carbocycles. The van der Waals surface area contributed by atoms with E-state index < -0.39 is 12.0 Å². The van der Waals surface area contributed by atoms with Crippen molar-refractivity contribution < 1.29 is 19.4 Å². The average Bonchev–Trinajstić information content (AvgIpc) is 2.42. The van der Waals surface area contributed by atoms with Gasteiger partial charge < -0.3 is 14.6 Å². The van der Waals surface area contributed by atoms with Crippen molar-refractivity contribution in [3.05, 3.63) is 35.9 Å². The van der Waals surface area contributed by atoms with Crippen LogP contribution in [0.5, 0.6) is 0 Å². The van der Waals surface area contributed by atoms with Crippen LogP contribution in [0.2, 0.25) is 0 Å². The number of carboxylic acids is 1. The molecule has 0 saturated carbocycles. The molecule has 0 aromatic heterocycles. The van der Waals surface area contributed by atoms with Crippen molar-refractivity contribution in [3.8, 4) is 0 Å². The molecule has 5 heteroatoms. The molecule has 1 N–H and O–H groups in total. The second-order valence-electron chi connectivity index (χ2n) is 4.17. The summed E-state index contributed by atoms with van der Waals surface area (Å²) < 4.78 is 10.1. The minimum absolute atomic E-state index is 0.486. The summed E-state index contributed by atoms with van der Waals surface area (Å²) in [5.74, 6) is -0.863. The minimum Gasteiger partial charge on any atom is -0.480 e.